The summed E-state index contributed by atoms with van der Waals surface area (Å²) in [5.74, 6) is -0.731. The van der Waals surface area contributed by atoms with Crippen LogP contribution < -0.4 is 5.73 Å². The van der Waals surface area contributed by atoms with Gasteiger partial charge < -0.3 is 5.73 Å². The van der Waals surface area contributed by atoms with E-state index in [0.717, 1.165) is 31.2 Å². The van der Waals surface area contributed by atoms with Gasteiger partial charge in [0.1, 0.15) is 0 Å². The molecule has 4 rings (SSSR count). The molecule has 0 radical (unpaired) electrons. The van der Waals surface area contributed by atoms with Crippen LogP contribution in [0, 0.1) is 11.8 Å². The summed E-state index contributed by atoms with van der Waals surface area (Å²) in [4.78, 5) is 27.1. The zero-order valence-corrected chi connectivity index (χ0v) is 15.4. The molecule has 0 spiro atoms. The van der Waals surface area contributed by atoms with Gasteiger partial charge in [0, 0.05) is 23.0 Å². The Bertz CT molecular complexity index is 763. The number of imide groups is 1. The first kappa shape index (κ1) is 17.5. The number of amides is 2. The van der Waals surface area contributed by atoms with E-state index < -0.39 is 0 Å². The summed E-state index contributed by atoms with van der Waals surface area (Å²) < 4.78 is 0. The number of rotatable bonds is 3. The van der Waals surface area contributed by atoms with Crippen LogP contribution in [0.4, 0.5) is 0 Å². The monoisotopic (exact) mass is 370 g/mol. The van der Waals surface area contributed by atoms with Crippen molar-refractivity contribution in [1.29, 1.82) is 0 Å². The van der Waals surface area contributed by atoms with Crippen LogP contribution in [0.25, 0.3) is 0 Å². The standard InChI is InChI=1S/C21H23ClN2O2/c22-15-5-3-4-14(12-15)21(13-23)10-8-16(9-11-21)24-19(25)17-6-1-2-7-18(17)20(24)26/h1-7,12,16-18H,8-11,13,23H2. The SMILES string of the molecule is NCC1(c2cccc(Cl)c2)CCC(N2C(=O)C3C=CC=CC3C2=O)CC1. The van der Waals surface area contributed by atoms with E-state index in [9.17, 15) is 9.59 Å². The highest BCUT2D eigenvalue weighted by Crippen LogP contribution is 2.43. The second-order valence-corrected chi connectivity index (χ2v) is 8.03. The molecule has 5 heteroatoms. The van der Waals surface area contributed by atoms with Crippen molar-refractivity contribution in [2.45, 2.75) is 37.1 Å². The van der Waals surface area contributed by atoms with E-state index >= 15 is 0 Å². The molecule has 1 aromatic carbocycles. The molecule has 1 aromatic rings. The average Bonchev–Trinajstić information content (AvgIpc) is 2.93. The summed E-state index contributed by atoms with van der Waals surface area (Å²) in [5, 5.41) is 0.713. The van der Waals surface area contributed by atoms with Gasteiger partial charge in [0.25, 0.3) is 0 Å². The number of likely N-dealkylation sites (tertiary alicyclic amines) is 1. The number of nitrogens with zero attached hydrogens (tertiary/aromatic N) is 1. The van der Waals surface area contributed by atoms with E-state index in [2.05, 4.69) is 6.07 Å². The molecular formula is C21H23ClN2O2. The van der Waals surface area contributed by atoms with E-state index in [0.29, 0.717) is 11.6 Å². The van der Waals surface area contributed by atoms with Crippen LogP contribution in [0.5, 0.6) is 0 Å². The van der Waals surface area contributed by atoms with Crippen LogP contribution in [0.15, 0.2) is 48.6 Å². The van der Waals surface area contributed by atoms with Gasteiger partial charge in [-0.25, -0.2) is 0 Å². The van der Waals surface area contributed by atoms with Crippen molar-refractivity contribution in [1.82, 2.24) is 4.90 Å². The molecule has 26 heavy (non-hydrogen) atoms. The number of nitrogens with two attached hydrogens (primary N) is 1. The minimum atomic E-state index is -0.318. The molecule has 0 bridgehead atoms. The first-order valence-electron chi connectivity index (χ1n) is 9.24. The molecule has 2 atom stereocenters. The molecular weight excluding hydrogens is 348 g/mol. The van der Waals surface area contributed by atoms with Gasteiger partial charge in [0.15, 0.2) is 0 Å². The van der Waals surface area contributed by atoms with Gasteiger partial charge in [-0.05, 0) is 43.4 Å². The number of carbonyl (C=O) groups is 2. The van der Waals surface area contributed by atoms with Crippen molar-refractivity contribution < 1.29 is 9.59 Å². The van der Waals surface area contributed by atoms with E-state index in [1.165, 1.54) is 4.90 Å². The highest BCUT2D eigenvalue weighted by atomic mass is 35.5. The number of benzene rings is 1. The fourth-order valence-electron chi connectivity index (χ4n) is 4.71. The fourth-order valence-corrected chi connectivity index (χ4v) is 4.90. The van der Waals surface area contributed by atoms with E-state index in [1.54, 1.807) is 0 Å². The van der Waals surface area contributed by atoms with E-state index in [1.807, 2.05) is 42.5 Å². The highest BCUT2D eigenvalue weighted by molar-refractivity contribution is 6.30. The summed E-state index contributed by atoms with van der Waals surface area (Å²) in [6.45, 7) is 0.540. The topological polar surface area (TPSA) is 63.4 Å². The highest BCUT2D eigenvalue weighted by Gasteiger charge is 2.50. The van der Waals surface area contributed by atoms with Crippen molar-refractivity contribution >= 4 is 23.4 Å². The quantitative estimate of drug-likeness (QED) is 0.831. The molecule has 2 fully saturated rings. The lowest BCUT2D eigenvalue weighted by atomic mass is 9.68. The van der Waals surface area contributed by atoms with Crippen LogP contribution in [0.2, 0.25) is 5.02 Å². The summed E-state index contributed by atoms with van der Waals surface area (Å²) in [7, 11) is 0. The number of carbonyl (C=O) groups excluding carboxylic acids is 2. The molecule has 4 nitrogen and oxygen atoms in total. The molecule has 1 heterocycles. The first-order valence-corrected chi connectivity index (χ1v) is 9.61. The normalized spacial score (nSPS) is 33.6. The Kier molecular flexibility index (Phi) is 4.49. The fraction of sp³-hybridized carbons (Fsp3) is 0.429. The zero-order chi connectivity index (χ0) is 18.3. The maximum atomic E-state index is 12.8. The predicted molar refractivity (Wildman–Crippen MR) is 102 cm³/mol. The molecule has 1 saturated heterocycles. The van der Waals surface area contributed by atoms with Crippen molar-refractivity contribution in [2.24, 2.45) is 17.6 Å². The van der Waals surface area contributed by atoms with Crippen molar-refractivity contribution in [3.05, 3.63) is 59.2 Å². The third-order valence-corrected chi connectivity index (χ3v) is 6.52. The second-order valence-electron chi connectivity index (χ2n) is 7.59. The number of halogens is 1. The zero-order valence-electron chi connectivity index (χ0n) is 14.6. The van der Waals surface area contributed by atoms with E-state index in [4.69, 9.17) is 17.3 Å². The molecule has 2 N–H and O–H groups in total. The Morgan fingerprint density at radius 2 is 1.69 bits per heavy atom. The Balaban J connectivity index is 1.53. The molecule has 2 unspecified atom stereocenters. The third-order valence-electron chi connectivity index (χ3n) is 6.29. The second kappa shape index (κ2) is 6.67. The van der Waals surface area contributed by atoms with Crippen molar-refractivity contribution in [2.75, 3.05) is 6.54 Å². The minimum Gasteiger partial charge on any atom is -0.330 e. The van der Waals surface area contributed by atoms with Crippen LogP contribution in [0.3, 0.4) is 0 Å². The van der Waals surface area contributed by atoms with Gasteiger partial charge in [-0.3, -0.25) is 14.5 Å². The summed E-state index contributed by atoms with van der Waals surface area (Å²) in [5.41, 5.74) is 7.19. The lowest BCUT2D eigenvalue weighted by Crippen LogP contribution is -2.47. The Labute approximate surface area is 158 Å². The van der Waals surface area contributed by atoms with Gasteiger partial charge in [0.2, 0.25) is 11.8 Å². The van der Waals surface area contributed by atoms with Gasteiger partial charge >= 0.3 is 0 Å². The largest absolute Gasteiger partial charge is 0.330 e. The Morgan fingerprint density at radius 3 is 2.23 bits per heavy atom. The summed E-state index contributed by atoms with van der Waals surface area (Å²) in [6, 6.07) is 7.87. The summed E-state index contributed by atoms with van der Waals surface area (Å²) in [6.07, 6.45) is 10.7. The smallest absolute Gasteiger partial charge is 0.237 e. The van der Waals surface area contributed by atoms with Gasteiger partial charge in [0.05, 0.1) is 11.8 Å². The van der Waals surface area contributed by atoms with E-state index in [-0.39, 0.29) is 35.1 Å². The van der Waals surface area contributed by atoms with Crippen LogP contribution >= 0.6 is 11.6 Å². The minimum absolute atomic E-state index is 0.0266. The number of allylic oxidation sites excluding steroid dienone is 2. The first-order chi connectivity index (χ1) is 12.6. The molecule has 2 amide bonds. The molecule has 3 aliphatic rings. The van der Waals surface area contributed by atoms with Crippen LogP contribution in [0.1, 0.15) is 31.2 Å². The van der Waals surface area contributed by atoms with Crippen LogP contribution in [-0.4, -0.2) is 29.3 Å². The average molecular weight is 371 g/mol. The molecule has 1 saturated carbocycles. The van der Waals surface area contributed by atoms with Crippen molar-refractivity contribution in [3.8, 4) is 0 Å². The molecule has 1 aliphatic heterocycles. The van der Waals surface area contributed by atoms with Crippen molar-refractivity contribution in [3.63, 3.8) is 0 Å². The van der Waals surface area contributed by atoms with Gasteiger partial charge in [-0.2, -0.15) is 0 Å². The molecule has 2 aliphatic carbocycles. The number of hydrogen-bond acceptors (Lipinski definition) is 3. The van der Waals surface area contributed by atoms with Crippen LogP contribution in [-0.2, 0) is 15.0 Å². The lowest BCUT2D eigenvalue weighted by Gasteiger charge is -2.42. The number of fused-ring (bicyclic) bond motifs is 1. The predicted octanol–water partition coefficient (Wildman–Crippen LogP) is 3.21. The van der Waals surface area contributed by atoms with Gasteiger partial charge in [-0.15, -0.1) is 0 Å². The molecule has 136 valence electrons. The summed E-state index contributed by atoms with van der Waals surface area (Å²) >= 11 is 6.17. The lowest BCUT2D eigenvalue weighted by molar-refractivity contribution is -0.143. The molecule has 0 aromatic heterocycles. The Morgan fingerprint density at radius 1 is 1.08 bits per heavy atom. The Hall–Kier alpha value is -1.91. The third kappa shape index (κ3) is 2.72. The number of hydrogen-bond donors (Lipinski definition) is 1. The maximum absolute atomic E-state index is 12.8. The van der Waals surface area contributed by atoms with Gasteiger partial charge in [-0.1, -0.05) is 48.0 Å². The maximum Gasteiger partial charge on any atom is 0.237 e.